The fourth-order valence-corrected chi connectivity index (χ4v) is 2.05. The molecule has 0 bridgehead atoms. The van der Waals surface area contributed by atoms with Gasteiger partial charge in [-0.1, -0.05) is 17.7 Å². The van der Waals surface area contributed by atoms with Gasteiger partial charge in [0.1, 0.15) is 18.2 Å². The Morgan fingerprint density at radius 2 is 2.17 bits per heavy atom. The van der Waals surface area contributed by atoms with Gasteiger partial charge in [0, 0.05) is 3.57 Å². The van der Waals surface area contributed by atoms with Crippen LogP contribution in [0.2, 0.25) is 5.02 Å². The zero-order valence-electron chi connectivity index (χ0n) is 9.36. The van der Waals surface area contributed by atoms with E-state index < -0.39 is 0 Å². The quantitative estimate of drug-likeness (QED) is 0.489. The van der Waals surface area contributed by atoms with Gasteiger partial charge in [-0.05, 0) is 52.9 Å². The summed E-state index contributed by atoms with van der Waals surface area (Å²) in [5, 5.41) is 0.555. The van der Waals surface area contributed by atoms with Crippen molar-refractivity contribution in [3.8, 4) is 5.75 Å². The second-order valence-electron chi connectivity index (χ2n) is 3.52. The smallest absolute Gasteiger partial charge is 0.140 e. The number of nitrogens with zero attached hydrogens (tertiary/aromatic N) is 1. The van der Waals surface area contributed by atoms with Crippen LogP contribution in [0, 0.1) is 3.57 Å². The van der Waals surface area contributed by atoms with E-state index in [4.69, 9.17) is 22.2 Å². The van der Waals surface area contributed by atoms with Crippen LogP contribution in [0.1, 0.15) is 5.69 Å². The summed E-state index contributed by atoms with van der Waals surface area (Å²) in [6.45, 7) is 0.300. The maximum atomic E-state index is 6.04. The molecule has 2 rings (SSSR count). The fourth-order valence-electron chi connectivity index (χ4n) is 1.37. The van der Waals surface area contributed by atoms with E-state index in [1.54, 1.807) is 12.1 Å². The molecule has 0 atom stereocenters. The predicted molar refractivity (Wildman–Crippen MR) is 80.5 cm³/mol. The Balaban J connectivity index is 2.10. The number of nitrogens with one attached hydrogen (secondary N) is 1. The van der Waals surface area contributed by atoms with Crippen LogP contribution in [-0.2, 0) is 6.61 Å². The summed E-state index contributed by atoms with van der Waals surface area (Å²) >= 11 is 8.27. The summed E-state index contributed by atoms with van der Waals surface area (Å²) in [5.41, 5.74) is 3.12. The van der Waals surface area contributed by atoms with Crippen molar-refractivity contribution >= 4 is 40.0 Å². The standard InChI is InChI=1S/C12H11ClIN3O/c13-10-4-5-12(17-15)16-11(10)7-18-9-3-1-2-8(14)6-9/h1-6H,7,15H2,(H,16,17). The molecule has 94 valence electrons. The first-order valence-corrected chi connectivity index (χ1v) is 6.65. The number of nitrogens with two attached hydrogens (primary N) is 1. The molecule has 0 aliphatic rings. The number of hydrazine groups is 1. The number of benzene rings is 1. The number of rotatable bonds is 4. The highest BCUT2D eigenvalue weighted by molar-refractivity contribution is 14.1. The molecule has 0 amide bonds. The van der Waals surface area contributed by atoms with E-state index in [9.17, 15) is 0 Å². The minimum atomic E-state index is 0.300. The lowest BCUT2D eigenvalue weighted by Crippen LogP contribution is -2.10. The second kappa shape index (κ2) is 6.21. The third-order valence-electron chi connectivity index (χ3n) is 2.24. The monoisotopic (exact) mass is 375 g/mol. The zero-order chi connectivity index (χ0) is 13.0. The van der Waals surface area contributed by atoms with Crippen molar-refractivity contribution in [3.63, 3.8) is 0 Å². The number of hydrogen-bond acceptors (Lipinski definition) is 4. The zero-order valence-corrected chi connectivity index (χ0v) is 12.3. The van der Waals surface area contributed by atoms with Gasteiger partial charge in [-0.2, -0.15) is 0 Å². The molecule has 1 aromatic carbocycles. The van der Waals surface area contributed by atoms with E-state index in [2.05, 4.69) is 33.0 Å². The molecular weight excluding hydrogens is 365 g/mol. The van der Waals surface area contributed by atoms with E-state index >= 15 is 0 Å². The number of ether oxygens (including phenoxy) is 1. The average molecular weight is 376 g/mol. The number of pyridine rings is 1. The van der Waals surface area contributed by atoms with Crippen molar-refractivity contribution in [2.45, 2.75) is 6.61 Å². The van der Waals surface area contributed by atoms with Crippen LogP contribution in [0.4, 0.5) is 5.82 Å². The Bertz CT molecular complexity index is 551. The molecule has 0 unspecified atom stereocenters. The largest absolute Gasteiger partial charge is 0.487 e. The summed E-state index contributed by atoms with van der Waals surface area (Å²) in [5.74, 6) is 6.64. The highest BCUT2D eigenvalue weighted by atomic mass is 127. The van der Waals surface area contributed by atoms with Crippen LogP contribution < -0.4 is 16.0 Å². The first-order valence-electron chi connectivity index (χ1n) is 5.19. The molecule has 0 aliphatic carbocycles. The molecular formula is C12H11ClIN3O. The van der Waals surface area contributed by atoms with Gasteiger partial charge in [0.25, 0.3) is 0 Å². The predicted octanol–water partition coefficient (Wildman–Crippen LogP) is 3.20. The van der Waals surface area contributed by atoms with Gasteiger partial charge in [-0.25, -0.2) is 10.8 Å². The minimum Gasteiger partial charge on any atom is -0.487 e. The molecule has 0 aliphatic heterocycles. The van der Waals surface area contributed by atoms with Crippen molar-refractivity contribution in [1.82, 2.24) is 4.98 Å². The maximum Gasteiger partial charge on any atom is 0.140 e. The SMILES string of the molecule is NNc1ccc(Cl)c(COc2cccc(I)c2)n1. The molecule has 0 radical (unpaired) electrons. The van der Waals surface area contributed by atoms with Gasteiger partial charge >= 0.3 is 0 Å². The third kappa shape index (κ3) is 3.47. The molecule has 18 heavy (non-hydrogen) atoms. The number of anilines is 1. The van der Waals surface area contributed by atoms with Crippen molar-refractivity contribution in [2.75, 3.05) is 5.43 Å². The fraction of sp³-hybridized carbons (Fsp3) is 0.0833. The van der Waals surface area contributed by atoms with E-state index in [1.165, 1.54) is 0 Å². The van der Waals surface area contributed by atoms with Crippen LogP contribution >= 0.6 is 34.2 Å². The molecule has 1 aromatic heterocycles. The number of hydrogen-bond donors (Lipinski definition) is 2. The number of halogens is 2. The molecule has 0 saturated heterocycles. The molecule has 0 spiro atoms. The van der Waals surface area contributed by atoms with Gasteiger partial charge in [-0.15, -0.1) is 0 Å². The molecule has 0 saturated carbocycles. The lowest BCUT2D eigenvalue weighted by molar-refractivity contribution is 0.301. The van der Waals surface area contributed by atoms with Gasteiger partial charge in [-0.3, -0.25) is 0 Å². The van der Waals surface area contributed by atoms with Gasteiger partial charge in [0.05, 0.1) is 10.7 Å². The van der Waals surface area contributed by atoms with Crippen molar-refractivity contribution in [2.24, 2.45) is 5.84 Å². The molecule has 2 aromatic rings. The summed E-state index contributed by atoms with van der Waals surface area (Å²) in [6, 6.07) is 11.2. The van der Waals surface area contributed by atoms with Gasteiger partial charge in [0.2, 0.25) is 0 Å². The third-order valence-corrected chi connectivity index (χ3v) is 3.25. The summed E-state index contributed by atoms with van der Waals surface area (Å²) in [6.07, 6.45) is 0. The van der Waals surface area contributed by atoms with Gasteiger partial charge in [0.15, 0.2) is 0 Å². The molecule has 0 fully saturated rings. The highest BCUT2D eigenvalue weighted by Crippen LogP contribution is 2.20. The first kappa shape index (κ1) is 13.4. The Kier molecular flexibility index (Phi) is 4.62. The molecule has 4 nitrogen and oxygen atoms in total. The second-order valence-corrected chi connectivity index (χ2v) is 5.17. The van der Waals surface area contributed by atoms with E-state index in [-0.39, 0.29) is 0 Å². The Labute approximate surface area is 124 Å². The van der Waals surface area contributed by atoms with Crippen LogP contribution in [0.25, 0.3) is 0 Å². The van der Waals surface area contributed by atoms with Crippen LogP contribution in [0.5, 0.6) is 5.75 Å². The lowest BCUT2D eigenvalue weighted by Gasteiger charge is -2.08. The Morgan fingerprint density at radius 1 is 1.33 bits per heavy atom. The normalized spacial score (nSPS) is 10.2. The van der Waals surface area contributed by atoms with E-state index in [0.29, 0.717) is 23.1 Å². The summed E-state index contributed by atoms with van der Waals surface area (Å²) < 4.78 is 6.75. The van der Waals surface area contributed by atoms with Gasteiger partial charge < -0.3 is 10.2 Å². The molecule has 1 heterocycles. The minimum absolute atomic E-state index is 0.300. The summed E-state index contributed by atoms with van der Waals surface area (Å²) in [4.78, 5) is 4.23. The van der Waals surface area contributed by atoms with Crippen LogP contribution in [0.15, 0.2) is 36.4 Å². The lowest BCUT2D eigenvalue weighted by atomic mass is 10.3. The van der Waals surface area contributed by atoms with Crippen LogP contribution in [0.3, 0.4) is 0 Å². The average Bonchev–Trinajstić information content (AvgIpc) is 2.38. The maximum absolute atomic E-state index is 6.04. The highest BCUT2D eigenvalue weighted by Gasteiger charge is 2.05. The Hall–Kier alpha value is -1.05. The topological polar surface area (TPSA) is 60.2 Å². The van der Waals surface area contributed by atoms with E-state index in [0.717, 1.165) is 9.32 Å². The first-order chi connectivity index (χ1) is 8.69. The van der Waals surface area contributed by atoms with Crippen LogP contribution in [-0.4, -0.2) is 4.98 Å². The number of nitrogen functional groups attached to an aromatic ring is 1. The van der Waals surface area contributed by atoms with E-state index in [1.807, 2.05) is 24.3 Å². The number of aromatic nitrogens is 1. The van der Waals surface area contributed by atoms with Crippen molar-refractivity contribution in [3.05, 3.63) is 50.7 Å². The summed E-state index contributed by atoms with van der Waals surface area (Å²) in [7, 11) is 0. The molecule has 3 N–H and O–H groups in total. The molecule has 6 heteroatoms. The Morgan fingerprint density at radius 3 is 2.89 bits per heavy atom. The van der Waals surface area contributed by atoms with Crippen molar-refractivity contribution < 1.29 is 4.74 Å². The van der Waals surface area contributed by atoms with Crippen molar-refractivity contribution in [1.29, 1.82) is 0 Å².